The van der Waals surface area contributed by atoms with Crippen LogP contribution in [0.15, 0.2) is 70.6 Å². The second kappa shape index (κ2) is 8.19. The highest BCUT2D eigenvalue weighted by molar-refractivity contribution is 6.54. The van der Waals surface area contributed by atoms with Crippen molar-refractivity contribution in [3.05, 3.63) is 71.8 Å². The van der Waals surface area contributed by atoms with Gasteiger partial charge in [0.2, 0.25) is 0 Å². The topological polar surface area (TPSA) is 54.2 Å². The normalized spacial score (nSPS) is 15.8. The highest BCUT2D eigenvalue weighted by Crippen LogP contribution is 2.31. The van der Waals surface area contributed by atoms with Gasteiger partial charge in [-0.05, 0) is 6.42 Å². The Morgan fingerprint density at radius 1 is 0.800 bits per heavy atom. The van der Waals surface area contributed by atoms with E-state index in [0.29, 0.717) is 6.42 Å². The van der Waals surface area contributed by atoms with Crippen LogP contribution in [-0.4, -0.2) is 22.5 Å². The van der Waals surface area contributed by atoms with Crippen LogP contribution in [0.1, 0.15) is 50.2 Å². The molecule has 2 aromatic carbocycles. The summed E-state index contributed by atoms with van der Waals surface area (Å²) >= 11 is 0. The molecule has 1 heterocycles. The lowest BCUT2D eigenvalue weighted by Gasteiger charge is -2.18. The van der Waals surface area contributed by atoms with Crippen LogP contribution in [0.2, 0.25) is 0 Å². The lowest BCUT2D eigenvalue weighted by Crippen LogP contribution is -2.24. The monoisotopic (exact) mass is 336 g/mol. The summed E-state index contributed by atoms with van der Waals surface area (Å²) in [5.74, 6) is -1.23. The maximum atomic E-state index is 9.59. The zero-order chi connectivity index (χ0) is 17.5. The van der Waals surface area contributed by atoms with Crippen molar-refractivity contribution in [2.24, 2.45) is 9.98 Å². The summed E-state index contributed by atoms with van der Waals surface area (Å²) in [5.41, 5.74) is 3.46. The molecule has 130 valence electrons. The Bertz CT molecular complexity index is 684. The standard InChI is InChI=1S/C21H24N2O2/c1-2-3-4-11-16-21(25-24)22-19(17-12-7-5-8-13-17)20(23-21)18-14-9-6-10-15-18/h5-10,12-15,24H,2-4,11,16H2,1H3. The summed E-state index contributed by atoms with van der Waals surface area (Å²) in [4.78, 5) is 14.2. The highest BCUT2D eigenvalue weighted by atomic mass is 17.1. The Kier molecular flexibility index (Phi) is 5.74. The largest absolute Gasteiger partial charge is 0.287 e. The second-order valence-electron chi connectivity index (χ2n) is 6.30. The van der Waals surface area contributed by atoms with Gasteiger partial charge in [0.25, 0.3) is 5.85 Å². The van der Waals surface area contributed by atoms with Gasteiger partial charge in [-0.15, -0.1) is 0 Å². The first-order valence-corrected chi connectivity index (χ1v) is 8.91. The fourth-order valence-electron chi connectivity index (χ4n) is 3.06. The molecule has 25 heavy (non-hydrogen) atoms. The molecule has 1 aliphatic rings. The molecule has 0 saturated carbocycles. The van der Waals surface area contributed by atoms with E-state index in [0.717, 1.165) is 48.2 Å². The van der Waals surface area contributed by atoms with Crippen LogP contribution in [0, 0.1) is 0 Å². The van der Waals surface area contributed by atoms with Gasteiger partial charge in [0, 0.05) is 17.5 Å². The van der Waals surface area contributed by atoms with E-state index >= 15 is 0 Å². The average Bonchev–Trinajstić information content (AvgIpc) is 3.07. The van der Waals surface area contributed by atoms with E-state index in [4.69, 9.17) is 14.9 Å². The SMILES string of the molecule is CCCCCCC1(OO)N=C(c2ccccc2)C(c2ccccc2)=N1. The third-order valence-corrected chi connectivity index (χ3v) is 4.39. The van der Waals surface area contributed by atoms with Gasteiger partial charge in [-0.25, -0.2) is 15.2 Å². The Hall–Kier alpha value is -2.30. The van der Waals surface area contributed by atoms with Gasteiger partial charge in [-0.2, -0.15) is 4.89 Å². The minimum Gasteiger partial charge on any atom is -0.247 e. The van der Waals surface area contributed by atoms with Gasteiger partial charge < -0.3 is 0 Å². The van der Waals surface area contributed by atoms with E-state index in [-0.39, 0.29) is 0 Å². The molecule has 2 aromatic rings. The van der Waals surface area contributed by atoms with E-state index in [9.17, 15) is 5.26 Å². The van der Waals surface area contributed by atoms with E-state index in [2.05, 4.69) is 6.92 Å². The van der Waals surface area contributed by atoms with Crippen LogP contribution >= 0.6 is 0 Å². The van der Waals surface area contributed by atoms with Gasteiger partial charge in [0.1, 0.15) is 0 Å². The van der Waals surface area contributed by atoms with Crippen molar-refractivity contribution in [1.29, 1.82) is 0 Å². The minimum atomic E-state index is -1.23. The number of nitrogens with zero attached hydrogens (tertiary/aromatic N) is 2. The number of rotatable bonds is 8. The molecule has 3 rings (SSSR count). The first kappa shape index (κ1) is 17.5. The fourth-order valence-corrected chi connectivity index (χ4v) is 3.06. The summed E-state index contributed by atoms with van der Waals surface area (Å²) < 4.78 is 0. The van der Waals surface area contributed by atoms with Crippen LogP contribution in [0.5, 0.6) is 0 Å². The smallest absolute Gasteiger partial charge is 0.247 e. The van der Waals surface area contributed by atoms with E-state index in [1.165, 1.54) is 0 Å². The molecule has 0 radical (unpaired) electrons. The van der Waals surface area contributed by atoms with Gasteiger partial charge in [-0.3, -0.25) is 0 Å². The van der Waals surface area contributed by atoms with Crippen molar-refractivity contribution in [2.45, 2.75) is 44.9 Å². The molecule has 0 fully saturated rings. The number of aliphatic imine (C=N–C) groups is 2. The predicted octanol–water partition coefficient (Wildman–Crippen LogP) is 5.09. The Balaban J connectivity index is 1.96. The number of unbranched alkanes of at least 4 members (excludes halogenated alkanes) is 3. The maximum absolute atomic E-state index is 9.59. The molecule has 0 aliphatic carbocycles. The van der Waals surface area contributed by atoms with Crippen molar-refractivity contribution in [1.82, 2.24) is 0 Å². The molecule has 4 nitrogen and oxygen atoms in total. The number of benzene rings is 2. The lowest BCUT2D eigenvalue weighted by molar-refractivity contribution is -0.319. The molecule has 0 spiro atoms. The maximum Gasteiger partial charge on any atom is 0.287 e. The number of hydrogen-bond donors (Lipinski definition) is 1. The van der Waals surface area contributed by atoms with Gasteiger partial charge in [0.15, 0.2) is 0 Å². The summed E-state index contributed by atoms with van der Waals surface area (Å²) in [6.07, 6.45) is 4.87. The van der Waals surface area contributed by atoms with E-state index < -0.39 is 5.85 Å². The average molecular weight is 336 g/mol. The van der Waals surface area contributed by atoms with Crippen molar-refractivity contribution >= 4 is 11.4 Å². The minimum absolute atomic E-state index is 0.566. The molecule has 0 saturated heterocycles. The molecular weight excluding hydrogens is 312 g/mol. The van der Waals surface area contributed by atoms with Crippen molar-refractivity contribution in [3.8, 4) is 0 Å². The lowest BCUT2D eigenvalue weighted by atomic mass is 10.0. The van der Waals surface area contributed by atoms with Crippen molar-refractivity contribution in [2.75, 3.05) is 0 Å². The zero-order valence-electron chi connectivity index (χ0n) is 14.6. The fraction of sp³-hybridized carbons (Fsp3) is 0.333. The Morgan fingerprint density at radius 2 is 1.32 bits per heavy atom. The molecule has 0 atom stereocenters. The first-order valence-electron chi connectivity index (χ1n) is 8.91. The molecule has 1 aliphatic heterocycles. The third kappa shape index (κ3) is 4.03. The van der Waals surface area contributed by atoms with Crippen LogP contribution in [0.25, 0.3) is 0 Å². The van der Waals surface area contributed by atoms with Gasteiger partial charge in [0.05, 0.1) is 11.4 Å². The van der Waals surface area contributed by atoms with Gasteiger partial charge in [-0.1, -0.05) is 86.8 Å². The zero-order valence-corrected chi connectivity index (χ0v) is 14.6. The van der Waals surface area contributed by atoms with Gasteiger partial charge >= 0.3 is 0 Å². The molecular formula is C21H24N2O2. The number of hydrogen-bond acceptors (Lipinski definition) is 4. The van der Waals surface area contributed by atoms with Crippen molar-refractivity contribution in [3.63, 3.8) is 0 Å². The van der Waals surface area contributed by atoms with Crippen LogP contribution in [0.3, 0.4) is 0 Å². The Labute approximate surface area is 148 Å². The van der Waals surface area contributed by atoms with Crippen LogP contribution in [-0.2, 0) is 4.89 Å². The summed E-state index contributed by atoms with van der Waals surface area (Å²) in [6, 6.07) is 19.8. The quantitative estimate of drug-likeness (QED) is 0.414. The summed E-state index contributed by atoms with van der Waals surface area (Å²) in [7, 11) is 0. The molecule has 4 heteroatoms. The van der Waals surface area contributed by atoms with E-state index in [1.54, 1.807) is 0 Å². The molecule has 1 N–H and O–H groups in total. The second-order valence-corrected chi connectivity index (χ2v) is 6.30. The molecule has 0 bridgehead atoms. The molecule has 0 aromatic heterocycles. The summed E-state index contributed by atoms with van der Waals surface area (Å²) in [6.45, 7) is 2.17. The van der Waals surface area contributed by atoms with Crippen molar-refractivity contribution < 1.29 is 10.1 Å². The molecule has 0 unspecified atom stereocenters. The molecule has 0 amide bonds. The highest BCUT2D eigenvalue weighted by Gasteiger charge is 2.38. The third-order valence-electron chi connectivity index (χ3n) is 4.39. The van der Waals surface area contributed by atoms with Crippen LogP contribution < -0.4 is 0 Å². The van der Waals surface area contributed by atoms with E-state index in [1.807, 2.05) is 60.7 Å². The Morgan fingerprint density at radius 3 is 1.76 bits per heavy atom. The van der Waals surface area contributed by atoms with Crippen LogP contribution in [0.4, 0.5) is 0 Å². The summed E-state index contributed by atoms with van der Waals surface area (Å²) in [5, 5.41) is 9.59. The first-order chi connectivity index (χ1) is 12.3. The predicted molar refractivity (Wildman–Crippen MR) is 101 cm³/mol.